The molecule has 1 aliphatic carbocycles. The van der Waals surface area contributed by atoms with Gasteiger partial charge in [0.2, 0.25) is 11.8 Å². The maximum Gasteiger partial charge on any atom is 0.246 e. The number of rotatable bonds is 3. The molecule has 1 heterocycles. The lowest BCUT2D eigenvalue weighted by atomic mass is 9.89. The zero-order valence-corrected chi connectivity index (χ0v) is 11.1. The fourth-order valence-electron chi connectivity index (χ4n) is 2.88. The van der Waals surface area contributed by atoms with Gasteiger partial charge in [-0.15, -0.1) is 0 Å². The number of carbonyl (C=O) groups is 2. The largest absolute Gasteiger partial charge is 0.345 e. The number of hydrogen-bond donors (Lipinski definition) is 1. The van der Waals surface area contributed by atoms with E-state index < -0.39 is 5.54 Å². The monoisotopic (exact) mass is 258 g/mol. The number of piperazine rings is 1. The number of benzene rings is 1. The van der Waals surface area contributed by atoms with Gasteiger partial charge in [0, 0.05) is 6.54 Å². The molecule has 4 heteroatoms. The molecule has 1 aromatic carbocycles. The Bertz CT molecular complexity index is 510. The van der Waals surface area contributed by atoms with Gasteiger partial charge in [0.1, 0.15) is 5.54 Å². The molecule has 2 fully saturated rings. The van der Waals surface area contributed by atoms with Crippen LogP contribution in [0.1, 0.15) is 25.3 Å². The van der Waals surface area contributed by atoms with Gasteiger partial charge in [0.25, 0.3) is 0 Å². The number of nitrogens with one attached hydrogen (secondary N) is 1. The molecule has 3 rings (SSSR count). The Morgan fingerprint density at radius 2 is 1.95 bits per heavy atom. The van der Waals surface area contributed by atoms with Crippen LogP contribution in [0, 0.1) is 5.92 Å². The summed E-state index contributed by atoms with van der Waals surface area (Å²) < 4.78 is 0. The van der Waals surface area contributed by atoms with E-state index in [4.69, 9.17) is 0 Å². The van der Waals surface area contributed by atoms with Gasteiger partial charge in [-0.25, -0.2) is 0 Å². The summed E-state index contributed by atoms with van der Waals surface area (Å²) >= 11 is 0. The molecule has 2 aliphatic rings. The number of nitrogens with zero attached hydrogens (tertiary/aromatic N) is 1. The summed E-state index contributed by atoms with van der Waals surface area (Å²) in [6.07, 6.45) is 2.06. The van der Waals surface area contributed by atoms with Gasteiger partial charge in [-0.3, -0.25) is 9.59 Å². The van der Waals surface area contributed by atoms with Crippen molar-refractivity contribution in [3.8, 4) is 0 Å². The zero-order chi connectivity index (χ0) is 13.5. The van der Waals surface area contributed by atoms with E-state index in [9.17, 15) is 9.59 Å². The zero-order valence-electron chi connectivity index (χ0n) is 11.1. The van der Waals surface area contributed by atoms with E-state index in [0.29, 0.717) is 12.5 Å². The van der Waals surface area contributed by atoms with Crippen molar-refractivity contribution in [1.82, 2.24) is 10.2 Å². The van der Waals surface area contributed by atoms with Crippen LogP contribution in [0.3, 0.4) is 0 Å². The summed E-state index contributed by atoms with van der Waals surface area (Å²) in [7, 11) is 0. The molecule has 1 N–H and O–H groups in total. The first kappa shape index (κ1) is 12.2. The van der Waals surface area contributed by atoms with Crippen LogP contribution in [0.15, 0.2) is 30.3 Å². The van der Waals surface area contributed by atoms with Crippen LogP contribution in [0.25, 0.3) is 0 Å². The highest BCUT2D eigenvalue weighted by molar-refractivity contribution is 5.98. The van der Waals surface area contributed by atoms with E-state index in [1.807, 2.05) is 37.3 Å². The Kier molecular flexibility index (Phi) is 2.81. The van der Waals surface area contributed by atoms with Crippen LogP contribution in [-0.4, -0.2) is 28.8 Å². The quantitative estimate of drug-likeness (QED) is 0.888. The van der Waals surface area contributed by atoms with Gasteiger partial charge in [0.15, 0.2) is 0 Å². The van der Waals surface area contributed by atoms with Gasteiger partial charge in [-0.1, -0.05) is 30.3 Å². The smallest absolute Gasteiger partial charge is 0.246 e. The van der Waals surface area contributed by atoms with Crippen molar-refractivity contribution in [3.63, 3.8) is 0 Å². The Morgan fingerprint density at radius 3 is 2.58 bits per heavy atom. The summed E-state index contributed by atoms with van der Waals surface area (Å²) in [6, 6.07) is 9.85. The minimum absolute atomic E-state index is 0.00877. The molecule has 1 saturated carbocycles. The SMILES string of the molecule is CC1(C2CC2)C(=O)NCC(=O)N1Cc1ccccc1. The summed E-state index contributed by atoms with van der Waals surface area (Å²) in [4.78, 5) is 26.2. The van der Waals surface area contributed by atoms with Crippen LogP contribution in [0.5, 0.6) is 0 Å². The first-order chi connectivity index (χ1) is 9.12. The third-order valence-electron chi connectivity index (χ3n) is 4.28. The Balaban J connectivity index is 1.90. The minimum atomic E-state index is -0.675. The molecule has 1 aromatic rings. The molecule has 0 aromatic heterocycles. The average Bonchev–Trinajstić information content (AvgIpc) is 3.25. The fraction of sp³-hybridized carbons (Fsp3) is 0.467. The molecule has 19 heavy (non-hydrogen) atoms. The van der Waals surface area contributed by atoms with Crippen molar-refractivity contribution in [3.05, 3.63) is 35.9 Å². The molecule has 100 valence electrons. The predicted octanol–water partition coefficient (Wildman–Crippen LogP) is 1.31. The van der Waals surface area contributed by atoms with E-state index in [-0.39, 0.29) is 18.4 Å². The van der Waals surface area contributed by atoms with E-state index in [1.54, 1.807) is 4.90 Å². The summed E-state index contributed by atoms with van der Waals surface area (Å²) in [5, 5.41) is 2.73. The van der Waals surface area contributed by atoms with Crippen LogP contribution < -0.4 is 5.32 Å². The summed E-state index contributed by atoms with van der Waals surface area (Å²) in [6.45, 7) is 2.54. The molecule has 1 unspecified atom stereocenters. The molecule has 4 nitrogen and oxygen atoms in total. The van der Waals surface area contributed by atoms with Crippen molar-refractivity contribution >= 4 is 11.8 Å². The van der Waals surface area contributed by atoms with Crippen LogP contribution in [0.4, 0.5) is 0 Å². The second-order valence-corrected chi connectivity index (χ2v) is 5.57. The molecule has 1 saturated heterocycles. The van der Waals surface area contributed by atoms with E-state index in [0.717, 1.165) is 18.4 Å². The maximum atomic E-state index is 12.2. The average molecular weight is 258 g/mol. The van der Waals surface area contributed by atoms with Crippen molar-refractivity contribution < 1.29 is 9.59 Å². The predicted molar refractivity (Wildman–Crippen MR) is 71.1 cm³/mol. The molecule has 0 radical (unpaired) electrons. The Morgan fingerprint density at radius 1 is 1.26 bits per heavy atom. The number of carbonyl (C=O) groups excluding carboxylic acids is 2. The van der Waals surface area contributed by atoms with Crippen molar-refractivity contribution in [2.24, 2.45) is 5.92 Å². The molecule has 1 aliphatic heterocycles. The molecule has 0 spiro atoms. The van der Waals surface area contributed by atoms with Gasteiger partial charge < -0.3 is 10.2 Å². The third kappa shape index (κ3) is 2.01. The standard InChI is InChI=1S/C15H18N2O2/c1-15(12-7-8-12)14(19)16-9-13(18)17(15)10-11-5-3-2-4-6-11/h2-6,12H,7-10H2,1H3,(H,16,19). The number of hydrogen-bond acceptors (Lipinski definition) is 2. The van der Waals surface area contributed by atoms with Gasteiger partial charge in [-0.2, -0.15) is 0 Å². The van der Waals surface area contributed by atoms with Crippen molar-refractivity contribution in [2.75, 3.05) is 6.54 Å². The van der Waals surface area contributed by atoms with Gasteiger partial charge in [0.05, 0.1) is 6.54 Å². The minimum Gasteiger partial charge on any atom is -0.345 e. The molecule has 0 bridgehead atoms. The lowest BCUT2D eigenvalue weighted by molar-refractivity contribution is -0.155. The van der Waals surface area contributed by atoms with Crippen LogP contribution >= 0.6 is 0 Å². The van der Waals surface area contributed by atoms with Gasteiger partial charge in [-0.05, 0) is 31.2 Å². The Hall–Kier alpha value is -1.84. The van der Waals surface area contributed by atoms with E-state index in [1.165, 1.54) is 0 Å². The van der Waals surface area contributed by atoms with E-state index >= 15 is 0 Å². The lowest BCUT2D eigenvalue weighted by Crippen LogP contribution is -2.66. The molecular weight excluding hydrogens is 240 g/mol. The van der Waals surface area contributed by atoms with Crippen molar-refractivity contribution in [1.29, 1.82) is 0 Å². The molecule has 1 atom stereocenters. The first-order valence-electron chi connectivity index (χ1n) is 6.75. The fourth-order valence-corrected chi connectivity index (χ4v) is 2.88. The molecular formula is C15H18N2O2. The highest BCUT2D eigenvalue weighted by Crippen LogP contribution is 2.44. The van der Waals surface area contributed by atoms with Gasteiger partial charge >= 0.3 is 0 Å². The second-order valence-electron chi connectivity index (χ2n) is 5.57. The van der Waals surface area contributed by atoms with Crippen molar-refractivity contribution in [2.45, 2.75) is 31.8 Å². The normalized spacial score (nSPS) is 27.3. The van der Waals surface area contributed by atoms with Crippen LogP contribution in [-0.2, 0) is 16.1 Å². The maximum absolute atomic E-state index is 12.2. The highest BCUT2D eigenvalue weighted by atomic mass is 16.2. The number of amides is 2. The first-order valence-corrected chi connectivity index (χ1v) is 6.75. The Labute approximate surface area is 112 Å². The topological polar surface area (TPSA) is 49.4 Å². The lowest BCUT2D eigenvalue weighted by Gasteiger charge is -2.44. The second kappa shape index (κ2) is 4.37. The van der Waals surface area contributed by atoms with Crippen LogP contribution in [0.2, 0.25) is 0 Å². The van der Waals surface area contributed by atoms with E-state index in [2.05, 4.69) is 5.32 Å². The molecule has 2 amide bonds. The highest BCUT2D eigenvalue weighted by Gasteiger charge is 2.54. The summed E-state index contributed by atoms with van der Waals surface area (Å²) in [5.41, 5.74) is 0.392. The third-order valence-corrected chi connectivity index (χ3v) is 4.28. The summed E-state index contributed by atoms with van der Waals surface area (Å²) in [5.74, 6) is 0.309.